The minimum atomic E-state index is -0.0146. The van der Waals surface area contributed by atoms with E-state index in [1.54, 1.807) is 13.3 Å². The number of anilines is 3. The van der Waals surface area contributed by atoms with Crippen LogP contribution in [0.15, 0.2) is 30.5 Å². The summed E-state index contributed by atoms with van der Waals surface area (Å²) in [7, 11) is 1.71. The smallest absolute Gasteiger partial charge is 0.156 e. The molecule has 0 saturated carbocycles. The maximum atomic E-state index is 6.81. The molecule has 3 heterocycles. The van der Waals surface area contributed by atoms with E-state index in [4.69, 9.17) is 22.1 Å². The maximum absolute atomic E-state index is 6.81. The summed E-state index contributed by atoms with van der Waals surface area (Å²) in [5.41, 5.74) is 9.48. The van der Waals surface area contributed by atoms with Crippen LogP contribution in [0.5, 0.6) is 5.75 Å². The molecule has 1 fully saturated rings. The summed E-state index contributed by atoms with van der Waals surface area (Å²) in [6.45, 7) is 11.0. The third-order valence-electron chi connectivity index (χ3n) is 6.15. The van der Waals surface area contributed by atoms with E-state index in [0.29, 0.717) is 11.1 Å². The van der Waals surface area contributed by atoms with E-state index in [0.717, 1.165) is 61.3 Å². The lowest BCUT2D eigenvalue weighted by Gasteiger charge is -2.42. The zero-order valence-electron chi connectivity index (χ0n) is 17.8. The van der Waals surface area contributed by atoms with Crippen molar-refractivity contribution in [2.45, 2.75) is 39.0 Å². The molecule has 2 aromatic rings. The van der Waals surface area contributed by atoms with Gasteiger partial charge in [-0.2, -0.15) is 0 Å². The number of ether oxygens (including phenoxy) is 1. The van der Waals surface area contributed by atoms with Gasteiger partial charge in [-0.25, -0.2) is 4.98 Å². The number of benzene rings is 1. The van der Waals surface area contributed by atoms with Crippen molar-refractivity contribution < 1.29 is 4.74 Å². The first-order chi connectivity index (χ1) is 13.7. The molecular formula is C23H31ClN4O. The van der Waals surface area contributed by atoms with Crippen LogP contribution in [0.1, 0.15) is 39.2 Å². The van der Waals surface area contributed by atoms with Crippen molar-refractivity contribution in [1.29, 1.82) is 0 Å². The second-order valence-corrected chi connectivity index (χ2v) is 10.00. The largest absolute Gasteiger partial charge is 0.495 e. The van der Waals surface area contributed by atoms with E-state index in [1.165, 1.54) is 5.56 Å². The van der Waals surface area contributed by atoms with Gasteiger partial charge in [0.25, 0.3) is 0 Å². The SMILES string of the molecule is COc1ccc(Cl)c2c1N(c1ncccc1N)CC21CCN(CC(C)(C)C)CC1. The summed E-state index contributed by atoms with van der Waals surface area (Å²) in [6, 6.07) is 7.68. The highest BCUT2D eigenvalue weighted by atomic mass is 35.5. The van der Waals surface area contributed by atoms with Crippen molar-refractivity contribution in [3.63, 3.8) is 0 Å². The molecular weight excluding hydrogens is 384 g/mol. The number of methoxy groups -OCH3 is 1. The molecule has 0 amide bonds. The summed E-state index contributed by atoms with van der Waals surface area (Å²) in [5, 5.41) is 0.807. The number of nitrogens with zero attached hydrogens (tertiary/aromatic N) is 3. The van der Waals surface area contributed by atoms with E-state index in [2.05, 4.69) is 35.6 Å². The van der Waals surface area contributed by atoms with Gasteiger partial charge in [0.1, 0.15) is 5.75 Å². The van der Waals surface area contributed by atoms with E-state index in [-0.39, 0.29) is 5.41 Å². The molecule has 156 valence electrons. The van der Waals surface area contributed by atoms with E-state index in [1.807, 2.05) is 24.3 Å². The minimum Gasteiger partial charge on any atom is -0.495 e. The fourth-order valence-electron chi connectivity index (χ4n) is 4.98. The quantitative estimate of drug-likeness (QED) is 0.777. The zero-order valence-corrected chi connectivity index (χ0v) is 18.6. The van der Waals surface area contributed by atoms with Gasteiger partial charge in [-0.3, -0.25) is 0 Å². The van der Waals surface area contributed by atoms with Gasteiger partial charge in [-0.05, 0) is 55.6 Å². The van der Waals surface area contributed by atoms with Gasteiger partial charge in [0.2, 0.25) is 0 Å². The molecule has 2 aliphatic heterocycles. The molecule has 6 heteroatoms. The van der Waals surface area contributed by atoms with Gasteiger partial charge < -0.3 is 20.3 Å². The monoisotopic (exact) mass is 414 g/mol. The van der Waals surface area contributed by atoms with Crippen molar-refractivity contribution in [3.8, 4) is 5.75 Å². The summed E-state index contributed by atoms with van der Waals surface area (Å²) < 4.78 is 5.75. The lowest BCUT2D eigenvalue weighted by molar-refractivity contribution is 0.125. The number of hydrogen-bond donors (Lipinski definition) is 1. The Labute approximate surface area is 178 Å². The predicted molar refractivity (Wildman–Crippen MR) is 120 cm³/mol. The Hall–Kier alpha value is -1.98. The number of aromatic nitrogens is 1. The average molecular weight is 415 g/mol. The maximum Gasteiger partial charge on any atom is 0.156 e. The van der Waals surface area contributed by atoms with Gasteiger partial charge >= 0.3 is 0 Å². The highest BCUT2D eigenvalue weighted by Crippen LogP contribution is 2.56. The van der Waals surface area contributed by atoms with Crippen LogP contribution in [-0.4, -0.2) is 43.2 Å². The first kappa shape index (κ1) is 20.3. The molecule has 0 unspecified atom stereocenters. The van der Waals surface area contributed by atoms with E-state index >= 15 is 0 Å². The van der Waals surface area contributed by atoms with Gasteiger partial charge in [0, 0.05) is 35.3 Å². The molecule has 4 rings (SSSR count). The second kappa shape index (κ2) is 7.37. The highest BCUT2D eigenvalue weighted by molar-refractivity contribution is 6.32. The Kier molecular flexibility index (Phi) is 5.16. The fraction of sp³-hybridized carbons (Fsp3) is 0.522. The van der Waals surface area contributed by atoms with Crippen LogP contribution in [-0.2, 0) is 5.41 Å². The lowest BCUT2D eigenvalue weighted by Crippen LogP contribution is -2.47. The first-order valence-corrected chi connectivity index (χ1v) is 10.7. The van der Waals surface area contributed by atoms with E-state index in [9.17, 15) is 0 Å². The van der Waals surface area contributed by atoms with E-state index < -0.39 is 0 Å². The molecule has 1 aromatic carbocycles. The molecule has 0 atom stereocenters. The average Bonchev–Trinajstić information content (AvgIpc) is 2.99. The Morgan fingerprint density at radius 1 is 1.21 bits per heavy atom. The van der Waals surface area contributed by atoms with Gasteiger partial charge in [-0.1, -0.05) is 32.4 Å². The van der Waals surface area contributed by atoms with Crippen molar-refractivity contribution in [3.05, 3.63) is 41.0 Å². The first-order valence-electron chi connectivity index (χ1n) is 10.3. The summed E-state index contributed by atoms with van der Waals surface area (Å²) >= 11 is 6.81. The lowest BCUT2D eigenvalue weighted by atomic mass is 9.74. The molecule has 1 saturated heterocycles. The van der Waals surface area contributed by atoms with Crippen LogP contribution >= 0.6 is 11.6 Å². The molecule has 0 radical (unpaired) electrons. The molecule has 1 spiro atoms. The Morgan fingerprint density at radius 2 is 1.93 bits per heavy atom. The van der Waals surface area contributed by atoms with Crippen molar-refractivity contribution in [2.75, 3.05) is 43.9 Å². The van der Waals surface area contributed by atoms with Crippen LogP contribution in [0.2, 0.25) is 5.02 Å². The summed E-state index contributed by atoms with van der Waals surface area (Å²) in [4.78, 5) is 9.39. The fourth-order valence-corrected chi connectivity index (χ4v) is 5.33. The molecule has 0 bridgehead atoms. The summed E-state index contributed by atoms with van der Waals surface area (Å²) in [5.74, 6) is 1.60. The minimum absolute atomic E-state index is 0.0146. The number of piperidine rings is 1. The number of pyridine rings is 1. The van der Waals surface area contributed by atoms with Crippen molar-refractivity contribution in [1.82, 2.24) is 9.88 Å². The second-order valence-electron chi connectivity index (χ2n) is 9.59. The number of hydrogen-bond acceptors (Lipinski definition) is 5. The molecule has 5 nitrogen and oxygen atoms in total. The van der Waals surface area contributed by atoms with Gasteiger partial charge in [-0.15, -0.1) is 0 Å². The van der Waals surface area contributed by atoms with Gasteiger partial charge in [0.05, 0.1) is 18.5 Å². The Balaban J connectivity index is 1.75. The Morgan fingerprint density at radius 3 is 2.55 bits per heavy atom. The van der Waals surface area contributed by atoms with Crippen LogP contribution in [0, 0.1) is 5.41 Å². The third kappa shape index (κ3) is 3.66. The molecule has 1 aromatic heterocycles. The highest BCUT2D eigenvalue weighted by Gasteiger charge is 2.48. The van der Waals surface area contributed by atoms with Crippen LogP contribution in [0.3, 0.4) is 0 Å². The normalized spacial score (nSPS) is 18.9. The standard InChI is InChI=1S/C23H31ClN4O/c1-22(2,3)14-27-12-9-23(10-13-27)15-28(21-17(25)6-5-11-26-21)20-18(29-4)8-7-16(24)19(20)23/h5-8,11H,9-10,12-15,25H2,1-4H3. The molecule has 2 N–H and O–H groups in total. The molecule has 2 aliphatic rings. The van der Waals surface area contributed by atoms with Crippen molar-refractivity contribution >= 4 is 28.8 Å². The molecule has 0 aliphatic carbocycles. The molecule has 29 heavy (non-hydrogen) atoms. The summed E-state index contributed by atoms with van der Waals surface area (Å²) in [6.07, 6.45) is 3.91. The Bertz CT molecular complexity index is 900. The number of rotatable bonds is 3. The van der Waals surface area contributed by atoms with Crippen LogP contribution in [0.4, 0.5) is 17.2 Å². The number of likely N-dealkylation sites (tertiary alicyclic amines) is 1. The number of nitrogens with two attached hydrogens (primary N) is 1. The zero-order chi connectivity index (χ0) is 20.8. The number of nitrogen functional groups attached to an aromatic ring is 1. The predicted octanol–water partition coefficient (Wildman–Crippen LogP) is 4.86. The van der Waals surface area contributed by atoms with Gasteiger partial charge in [0.15, 0.2) is 5.82 Å². The van der Waals surface area contributed by atoms with Crippen LogP contribution < -0.4 is 15.4 Å². The third-order valence-corrected chi connectivity index (χ3v) is 6.47. The number of halogens is 1. The van der Waals surface area contributed by atoms with Crippen molar-refractivity contribution in [2.24, 2.45) is 5.41 Å². The topological polar surface area (TPSA) is 54.6 Å². The number of fused-ring (bicyclic) bond motifs is 2. The van der Waals surface area contributed by atoms with Crippen LogP contribution in [0.25, 0.3) is 0 Å².